The van der Waals surface area contributed by atoms with Crippen molar-refractivity contribution < 1.29 is 9.00 Å². The number of benzene rings is 2. The third-order valence-corrected chi connectivity index (χ3v) is 5.53. The predicted molar refractivity (Wildman–Crippen MR) is 101 cm³/mol. The number of amides is 1. The zero-order chi connectivity index (χ0) is 17.6. The van der Waals surface area contributed by atoms with Crippen molar-refractivity contribution in [2.24, 2.45) is 0 Å². The first kappa shape index (κ1) is 17.8. The molecule has 0 saturated heterocycles. The van der Waals surface area contributed by atoms with E-state index in [1.54, 1.807) is 30.5 Å². The van der Waals surface area contributed by atoms with Crippen LogP contribution in [-0.2, 0) is 23.8 Å². The summed E-state index contributed by atoms with van der Waals surface area (Å²) in [6.07, 6.45) is 3.67. The van der Waals surface area contributed by atoms with Crippen LogP contribution in [0, 0.1) is 0 Å². The molecule has 1 aliphatic heterocycles. The predicted octanol–water partition coefficient (Wildman–Crippen LogP) is 2.60. The maximum absolute atomic E-state index is 12.1. The van der Waals surface area contributed by atoms with Gasteiger partial charge in [-0.2, -0.15) is 0 Å². The Hall–Kier alpha value is -1.98. The Kier molecular flexibility index (Phi) is 6.00. The van der Waals surface area contributed by atoms with Gasteiger partial charge in [0.15, 0.2) is 0 Å². The quantitative estimate of drug-likeness (QED) is 0.810. The molecule has 0 bridgehead atoms. The Morgan fingerprint density at radius 2 is 1.84 bits per heavy atom. The van der Waals surface area contributed by atoms with Crippen molar-refractivity contribution in [3.8, 4) is 0 Å². The first-order valence-corrected chi connectivity index (χ1v) is 10.2. The summed E-state index contributed by atoms with van der Waals surface area (Å²) in [4.78, 5) is 15.3. The largest absolute Gasteiger partial charge is 0.352 e. The lowest BCUT2D eigenvalue weighted by Gasteiger charge is -2.28. The monoisotopic (exact) mass is 356 g/mol. The van der Waals surface area contributed by atoms with Crippen LogP contribution in [0.15, 0.2) is 53.4 Å². The molecule has 1 amide bonds. The summed E-state index contributed by atoms with van der Waals surface area (Å²) in [5.41, 5.74) is 3.50. The number of carbonyl (C=O) groups is 1. The lowest BCUT2D eigenvalue weighted by Crippen LogP contribution is -2.33. The molecule has 25 heavy (non-hydrogen) atoms. The molecule has 0 aliphatic carbocycles. The Morgan fingerprint density at radius 3 is 2.56 bits per heavy atom. The fourth-order valence-corrected chi connectivity index (χ4v) is 3.67. The molecule has 1 aliphatic rings. The van der Waals surface area contributed by atoms with Crippen LogP contribution in [0.1, 0.15) is 27.9 Å². The number of carbonyl (C=O) groups excluding carboxylic acids is 1. The van der Waals surface area contributed by atoms with Crippen molar-refractivity contribution in [3.05, 3.63) is 65.2 Å². The van der Waals surface area contributed by atoms with Crippen LogP contribution in [0.25, 0.3) is 0 Å². The molecule has 4 nitrogen and oxygen atoms in total. The molecule has 132 valence electrons. The highest BCUT2D eigenvalue weighted by Crippen LogP contribution is 2.18. The number of hydrogen-bond acceptors (Lipinski definition) is 3. The molecule has 3 rings (SSSR count). The lowest BCUT2D eigenvalue weighted by molar-refractivity contribution is 0.0951. The van der Waals surface area contributed by atoms with Gasteiger partial charge in [-0.3, -0.25) is 13.9 Å². The van der Waals surface area contributed by atoms with Crippen LogP contribution in [0.2, 0.25) is 0 Å². The van der Waals surface area contributed by atoms with Crippen LogP contribution in [0.3, 0.4) is 0 Å². The van der Waals surface area contributed by atoms with Crippen LogP contribution >= 0.6 is 0 Å². The maximum Gasteiger partial charge on any atom is 0.251 e. The van der Waals surface area contributed by atoms with Gasteiger partial charge < -0.3 is 5.32 Å². The van der Waals surface area contributed by atoms with Crippen molar-refractivity contribution >= 4 is 16.7 Å². The topological polar surface area (TPSA) is 49.4 Å². The van der Waals surface area contributed by atoms with Gasteiger partial charge in [0.25, 0.3) is 5.91 Å². The van der Waals surface area contributed by atoms with Gasteiger partial charge in [-0.05, 0) is 48.2 Å². The zero-order valence-electron chi connectivity index (χ0n) is 14.5. The summed E-state index contributed by atoms with van der Waals surface area (Å²) < 4.78 is 11.4. The molecule has 0 fully saturated rings. The van der Waals surface area contributed by atoms with Gasteiger partial charge in [-0.25, -0.2) is 0 Å². The maximum atomic E-state index is 12.1. The van der Waals surface area contributed by atoms with Crippen molar-refractivity contribution in [1.82, 2.24) is 10.2 Å². The molecule has 2 aromatic carbocycles. The van der Waals surface area contributed by atoms with Crippen LogP contribution in [0.5, 0.6) is 0 Å². The third kappa shape index (κ3) is 4.77. The second-order valence-electron chi connectivity index (χ2n) is 6.38. The van der Waals surface area contributed by atoms with E-state index in [0.29, 0.717) is 12.1 Å². The molecule has 1 atom stereocenters. The Morgan fingerprint density at radius 1 is 1.12 bits per heavy atom. The van der Waals surface area contributed by atoms with E-state index in [-0.39, 0.29) is 5.91 Å². The van der Waals surface area contributed by atoms with Gasteiger partial charge >= 0.3 is 0 Å². The molecular formula is C20H24N2O2S. The molecule has 0 spiro atoms. The molecule has 0 saturated carbocycles. The number of rotatable bonds is 6. The van der Waals surface area contributed by atoms with E-state index in [9.17, 15) is 9.00 Å². The van der Waals surface area contributed by atoms with Crippen molar-refractivity contribution in [2.45, 2.75) is 24.3 Å². The van der Waals surface area contributed by atoms with Gasteiger partial charge in [-0.1, -0.05) is 24.3 Å². The second kappa shape index (κ2) is 8.41. The summed E-state index contributed by atoms with van der Waals surface area (Å²) in [5.74, 6) is -0.0718. The van der Waals surface area contributed by atoms with Crippen LogP contribution in [-0.4, -0.2) is 40.9 Å². The normalized spacial score (nSPS) is 15.4. The number of nitrogens with zero attached hydrogens (tertiary/aromatic N) is 1. The molecule has 0 radical (unpaired) electrons. The number of fused-ring (bicyclic) bond motifs is 1. The lowest BCUT2D eigenvalue weighted by atomic mass is 10.00. The average Bonchev–Trinajstić information content (AvgIpc) is 2.65. The van der Waals surface area contributed by atoms with Crippen LogP contribution < -0.4 is 5.32 Å². The highest BCUT2D eigenvalue weighted by Gasteiger charge is 2.15. The van der Waals surface area contributed by atoms with E-state index >= 15 is 0 Å². The zero-order valence-corrected chi connectivity index (χ0v) is 15.3. The molecule has 1 N–H and O–H groups in total. The molecule has 5 heteroatoms. The molecule has 0 aromatic heterocycles. The minimum absolute atomic E-state index is 0.0718. The molecule has 2 aromatic rings. The van der Waals surface area contributed by atoms with E-state index in [1.807, 2.05) is 0 Å². The first-order chi connectivity index (χ1) is 12.1. The number of hydrogen-bond donors (Lipinski definition) is 1. The van der Waals surface area contributed by atoms with Crippen molar-refractivity contribution in [2.75, 3.05) is 25.9 Å². The smallest absolute Gasteiger partial charge is 0.251 e. The van der Waals surface area contributed by atoms with Gasteiger partial charge in [0.1, 0.15) is 0 Å². The first-order valence-electron chi connectivity index (χ1n) is 8.64. The summed E-state index contributed by atoms with van der Waals surface area (Å²) in [6.45, 7) is 3.74. The average molecular weight is 356 g/mol. The van der Waals surface area contributed by atoms with E-state index in [4.69, 9.17) is 0 Å². The van der Waals surface area contributed by atoms with Crippen molar-refractivity contribution in [1.29, 1.82) is 0 Å². The summed E-state index contributed by atoms with van der Waals surface area (Å²) in [6, 6.07) is 15.6. The van der Waals surface area contributed by atoms with E-state index in [2.05, 4.69) is 34.5 Å². The van der Waals surface area contributed by atoms with Gasteiger partial charge in [0, 0.05) is 53.7 Å². The summed E-state index contributed by atoms with van der Waals surface area (Å²) in [5, 5.41) is 2.96. The minimum atomic E-state index is -1.01. The Labute approximate surface area is 151 Å². The highest BCUT2D eigenvalue weighted by molar-refractivity contribution is 7.84. The Balaban J connectivity index is 1.41. The summed E-state index contributed by atoms with van der Waals surface area (Å²) >= 11 is 0. The van der Waals surface area contributed by atoms with E-state index < -0.39 is 10.8 Å². The fraction of sp³-hybridized carbons (Fsp3) is 0.350. The van der Waals surface area contributed by atoms with E-state index in [1.165, 1.54) is 11.1 Å². The summed E-state index contributed by atoms with van der Waals surface area (Å²) in [7, 11) is -1.01. The Bertz CT molecular complexity index is 759. The molecule has 1 heterocycles. The third-order valence-electron chi connectivity index (χ3n) is 4.59. The highest BCUT2D eigenvalue weighted by atomic mass is 32.2. The standard InChI is InChI=1S/C20H24N2O2S/c1-25(24)19-9-7-17(8-10-19)20(23)21-12-4-13-22-14-11-16-5-2-3-6-18(16)15-22/h2-3,5-10H,4,11-15H2,1H3,(H,21,23)/t25-/m0/s1. The van der Waals surface area contributed by atoms with Gasteiger partial charge in [-0.15, -0.1) is 0 Å². The van der Waals surface area contributed by atoms with E-state index in [0.717, 1.165) is 37.4 Å². The fourth-order valence-electron chi connectivity index (χ4n) is 3.15. The minimum Gasteiger partial charge on any atom is -0.352 e. The second-order valence-corrected chi connectivity index (χ2v) is 7.76. The number of nitrogens with one attached hydrogen (secondary N) is 1. The van der Waals surface area contributed by atoms with Gasteiger partial charge in [0.2, 0.25) is 0 Å². The molecular weight excluding hydrogens is 332 g/mol. The van der Waals surface area contributed by atoms with Crippen LogP contribution in [0.4, 0.5) is 0 Å². The van der Waals surface area contributed by atoms with Gasteiger partial charge in [0.05, 0.1) is 0 Å². The van der Waals surface area contributed by atoms with Crippen molar-refractivity contribution in [3.63, 3.8) is 0 Å². The molecule has 0 unspecified atom stereocenters. The SMILES string of the molecule is C[S@](=O)c1ccc(C(=O)NCCCN2CCc3ccccc3C2)cc1.